The van der Waals surface area contributed by atoms with Crippen LogP contribution in [0.5, 0.6) is 5.75 Å². The minimum absolute atomic E-state index is 0. The van der Waals surface area contributed by atoms with Crippen LogP contribution in [0, 0.1) is 0 Å². The minimum atomic E-state index is -3.22. The van der Waals surface area contributed by atoms with Crippen molar-refractivity contribution in [1.29, 1.82) is 0 Å². The Hall–Kier alpha value is -2.09. The zero-order chi connectivity index (χ0) is 18.3. The van der Waals surface area contributed by atoms with Crippen molar-refractivity contribution in [1.82, 2.24) is 5.32 Å². The maximum Gasteiger partial charge on any atom is 0.223 e. The van der Waals surface area contributed by atoms with Gasteiger partial charge in [-0.25, -0.2) is 8.42 Å². The third-order valence-corrected chi connectivity index (χ3v) is 4.73. The highest BCUT2D eigenvalue weighted by molar-refractivity contribution is 7.90. The number of nitrogens with one attached hydrogen (secondary N) is 1. The SMILES string of the molecule is CS(=O)(=O)c1ccc(OCCC(=O)NCC(N)c2ccccc2)cc1.Cl. The normalized spacial score (nSPS) is 11.9. The van der Waals surface area contributed by atoms with E-state index in [1.807, 2.05) is 30.3 Å². The van der Waals surface area contributed by atoms with Gasteiger partial charge in [-0.3, -0.25) is 4.79 Å². The molecule has 0 aliphatic rings. The first-order valence-corrected chi connectivity index (χ1v) is 9.75. The molecule has 26 heavy (non-hydrogen) atoms. The van der Waals surface area contributed by atoms with Gasteiger partial charge in [0.1, 0.15) is 5.75 Å². The van der Waals surface area contributed by atoms with E-state index in [2.05, 4.69) is 5.32 Å². The van der Waals surface area contributed by atoms with Crippen molar-refractivity contribution >= 4 is 28.2 Å². The highest BCUT2D eigenvalue weighted by Gasteiger charge is 2.09. The lowest BCUT2D eigenvalue weighted by molar-refractivity contribution is -0.121. The summed E-state index contributed by atoms with van der Waals surface area (Å²) in [6.07, 6.45) is 1.34. The largest absolute Gasteiger partial charge is 0.493 e. The molecule has 2 aromatic rings. The van der Waals surface area contributed by atoms with Crippen LogP contribution in [0.25, 0.3) is 0 Å². The fraction of sp³-hybridized carbons (Fsp3) is 0.278. The molecule has 0 heterocycles. The number of carbonyl (C=O) groups is 1. The molecular formula is C18H23ClN2O4S. The Labute approximate surface area is 160 Å². The molecule has 3 N–H and O–H groups in total. The predicted octanol–water partition coefficient (Wildman–Crippen LogP) is 2.10. The first-order chi connectivity index (χ1) is 11.9. The molecule has 0 fully saturated rings. The number of hydrogen-bond acceptors (Lipinski definition) is 5. The number of hydrogen-bond donors (Lipinski definition) is 2. The number of carbonyl (C=O) groups excluding carboxylic acids is 1. The fourth-order valence-corrected chi connectivity index (χ4v) is 2.81. The Morgan fingerprint density at radius 3 is 2.31 bits per heavy atom. The first kappa shape index (κ1) is 22.0. The first-order valence-electron chi connectivity index (χ1n) is 7.86. The molecule has 0 saturated heterocycles. The molecule has 1 unspecified atom stereocenters. The molecule has 0 saturated carbocycles. The molecular weight excluding hydrogens is 376 g/mol. The number of rotatable bonds is 8. The van der Waals surface area contributed by atoms with Crippen molar-refractivity contribution in [2.24, 2.45) is 5.73 Å². The summed E-state index contributed by atoms with van der Waals surface area (Å²) in [4.78, 5) is 12.1. The molecule has 2 rings (SSSR count). The average molecular weight is 399 g/mol. The highest BCUT2D eigenvalue weighted by Crippen LogP contribution is 2.16. The van der Waals surface area contributed by atoms with Gasteiger partial charge in [-0.1, -0.05) is 30.3 Å². The van der Waals surface area contributed by atoms with Gasteiger partial charge in [-0.2, -0.15) is 0 Å². The topological polar surface area (TPSA) is 98.5 Å². The minimum Gasteiger partial charge on any atom is -0.493 e. The van der Waals surface area contributed by atoms with Gasteiger partial charge in [0.05, 0.1) is 17.9 Å². The standard InChI is InChI=1S/C18H22N2O4S.ClH/c1-25(22,23)16-9-7-15(8-10-16)24-12-11-18(21)20-13-17(19)14-5-3-2-4-6-14;/h2-10,17H,11-13,19H2,1H3,(H,20,21);1H. The Morgan fingerprint density at radius 2 is 1.73 bits per heavy atom. The van der Waals surface area contributed by atoms with E-state index in [1.165, 1.54) is 12.1 Å². The summed E-state index contributed by atoms with van der Waals surface area (Å²) >= 11 is 0. The molecule has 1 amide bonds. The van der Waals surface area contributed by atoms with Gasteiger partial charge >= 0.3 is 0 Å². The van der Waals surface area contributed by atoms with Crippen LogP contribution in [0.15, 0.2) is 59.5 Å². The molecule has 2 aromatic carbocycles. The zero-order valence-corrected chi connectivity index (χ0v) is 16.1. The lowest BCUT2D eigenvalue weighted by Crippen LogP contribution is -2.32. The van der Waals surface area contributed by atoms with E-state index in [1.54, 1.807) is 12.1 Å². The molecule has 0 aromatic heterocycles. The summed E-state index contributed by atoms with van der Waals surface area (Å²) < 4.78 is 28.2. The van der Waals surface area contributed by atoms with Crippen molar-refractivity contribution in [2.45, 2.75) is 17.4 Å². The summed E-state index contributed by atoms with van der Waals surface area (Å²) in [5, 5.41) is 2.77. The van der Waals surface area contributed by atoms with Crippen LogP contribution in [0.1, 0.15) is 18.0 Å². The van der Waals surface area contributed by atoms with Gasteiger partial charge in [0.15, 0.2) is 9.84 Å². The molecule has 0 bridgehead atoms. The van der Waals surface area contributed by atoms with Crippen molar-refractivity contribution in [3.63, 3.8) is 0 Å². The number of ether oxygens (including phenoxy) is 1. The van der Waals surface area contributed by atoms with Gasteiger partial charge in [0, 0.05) is 18.8 Å². The van der Waals surface area contributed by atoms with Crippen LogP contribution >= 0.6 is 12.4 Å². The van der Waals surface area contributed by atoms with E-state index in [0.29, 0.717) is 12.3 Å². The Kier molecular flexibility index (Phi) is 8.57. The number of halogens is 1. The van der Waals surface area contributed by atoms with E-state index >= 15 is 0 Å². The van der Waals surface area contributed by atoms with Crippen molar-refractivity contribution in [2.75, 3.05) is 19.4 Å². The number of benzene rings is 2. The summed E-state index contributed by atoms with van der Waals surface area (Å²) in [7, 11) is -3.22. The van der Waals surface area contributed by atoms with E-state index < -0.39 is 9.84 Å². The maximum atomic E-state index is 11.8. The van der Waals surface area contributed by atoms with Crippen LogP contribution < -0.4 is 15.8 Å². The molecule has 1 atom stereocenters. The van der Waals surface area contributed by atoms with Crippen molar-refractivity contribution in [3.8, 4) is 5.75 Å². The van der Waals surface area contributed by atoms with E-state index in [9.17, 15) is 13.2 Å². The lowest BCUT2D eigenvalue weighted by atomic mass is 10.1. The molecule has 0 spiro atoms. The lowest BCUT2D eigenvalue weighted by Gasteiger charge is -2.13. The zero-order valence-electron chi connectivity index (χ0n) is 14.4. The van der Waals surface area contributed by atoms with Gasteiger partial charge in [-0.15, -0.1) is 12.4 Å². The second kappa shape index (κ2) is 10.2. The predicted molar refractivity (Wildman–Crippen MR) is 103 cm³/mol. The molecule has 142 valence electrons. The molecule has 6 nitrogen and oxygen atoms in total. The smallest absolute Gasteiger partial charge is 0.223 e. The maximum absolute atomic E-state index is 11.8. The fourth-order valence-electron chi connectivity index (χ4n) is 2.17. The Morgan fingerprint density at radius 1 is 1.12 bits per heavy atom. The van der Waals surface area contributed by atoms with Crippen LogP contribution in [-0.2, 0) is 14.6 Å². The van der Waals surface area contributed by atoms with Gasteiger partial charge < -0.3 is 15.8 Å². The van der Waals surface area contributed by atoms with Crippen molar-refractivity contribution in [3.05, 3.63) is 60.2 Å². The summed E-state index contributed by atoms with van der Waals surface area (Å²) in [6, 6.07) is 15.4. The van der Waals surface area contributed by atoms with Gasteiger partial charge in [0.2, 0.25) is 5.91 Å². The summed E-state index contributed by atoms with van der Waals surface area (Å²) in [5.41, 5.74) is 6.98. The quantitative estimate of drug-likeness (QED) is 0.709. The van der Waals surface area contributed by atoms with Gasteiger partial charge in [-0.05, 0) is 29.8 Å². The monoisotopic (exact) mass is 398 g/mol. The molecule has 8 heteroatoms. The van der Waals surface area contributed by atoms with E-state index in [-0.39, 0.29) is 42.3 Å². The molecule has 0 radical (unpaired) electrons. The second-order valence-electron chi connectivity index (χ2n) is 5.66. The Bertz CT molecular complexity index is 796. The van der Waals surface area contributed by atoms with E-state index in [0.717, 1.165) is 11.8 Å². The van der Waals surface area contributed by atoms with Crippen LogP contribution in [-0.4, -0.2) is 33.7 Å². The van der Waals surface area contributed by atoms with E-state index in [4.69, 9.17) is 10.5 Å². The third kappa shape index (κ3) is 7.03. The average Bonchev–Trinajstić information content (AvgIpc) is 2.60. The van der Waals surface area contributed by atoms with Crippen LogP contribution in [0.4, 0.5) is 0 Å². The third-order valence-electron chi connectivity index (χ3n) is 3.60. The highest BCUT2D eigenvalue weighted by atomic mass is 35.5. The Balaban J connectivity index is 0.00000338. The number of amides is 1. The number of sulfone groups is 1. The molecule has 0 aliphatic heterocycles. The molecule has 0 aliphatic carbocycles. The number of nitrogens with two attached hydrogens (primary N) is 1. The van der Waals surface area contributed by atoms with Crippen LogP contribution in [0.2, 0.25) is 0 Å². The second-order valence-corrected chi connectivity index (χ2v) is 7.68. The van der Waals surface area contributed by atoms with Crippen LogP contribution in [0.3, 0.4) is 0 Å². The summed E-state index contributed by atoms with van der Waals surface area (Å²) in [5.74, 6) is 0.361. The van der Waals surface area contributed by atoms with Gasteiger partial charge in [0.25, 0.3) is 0 Å². The van der Waals surface area contributed by atoms with Crippen molar-refractivity contribution < 1.29 is 17.9 Å². The summed E-state index contributed by atoms with van der Waals surface area (Å²) in [6.45, 7) is 0.552.